The number of likely N-dealkylation sites (tertiary alicyclic amines) is 1. The van der Waals surface area contributed by atoms with Crippen LogP contribution in [0.5, 0.6) is 0 Å². The van der Waals surface area contributed by atoms with Crippen molar-refractivity contribution in [3.8, 4) is 0 Å². The highest BCUT2D eigenvalue weighted by Gasteiger charge is 2.57. The number of rotatable bonds is 4. The largest absolute Gasteiger partial charge is 0.337 e. The third-order valence-corrected chi connectivity index (χ3v) is 5.55. The Hall–Kier alpha value is -2.51. The third kappa shape index (κ3) is 3.36. The predicted octanol–water partition coefficient (Wildman–Crippen LogP) is 2.01. The zero-order chi connectivity index (χ0) is 20.6. The van der Waals surface area contributed by atoms with Crippen molar-refractivity contribution in [3.05, 3.63) is 23.3 Å². The van der Waals surface area contributed by atoms with Gasteiger partial charge in [-0.15, -0.1) is 0 Å². The van der Waals surface area contributed by atoms with Gasteiger partial charge in [0, 0.05) is 31.9 Å². The first-order valence-corrected chi connectivity index (χ1v) is 9.94. The summed E-state index contributed by atoms with van der Waals surface area (Å²) < 4.78 is 0. The summed E-state index contributed by atoms with van der Waals surface area (Å²) in [6, 6.07) is 1.48. The minimum Gasteiger partial charge on any atom is -0.337 e. The predicted molar refractivity (Wildman–Crippen MR) is 104 cm³/mol. The summed E-state index contributed by atoms with van der Waals surface area (Å²) in [5, 5.41) is 0. The first-order chi connectivity index (χ1) is 13.2. The number of aryl methyl sites for hydroxylation is 2. The van der Waals surface area contributed by atoms with Gasteiger partial charge in [0.1, 0.15) is 17.1 Å². The maximum absolute atomic E-state index is 13.1. The van der Waals surface area contributed by atoms with Gasteiger partial charge in [-0.2, -0.15) is 0 Å². The number of aromatic nitrogens is 2. The molecule has 8 nitrogen and oxygen atoms in total. The van der Waals surface area contributed by atoms with Crippen molar-refractivity contribution in [3.63, 3.8) is 0 Å². The Morgan fingerprint density at radius 2 is 1.82 bits per heavy atom. The zero-order valence-electron chi connectivity index (χ0n) is 17.4. The van der Waals surface area contributed by atoms with Crippen molar-refractivity contribution in [1.29, 1.82) is 0 Å². The van der Waals surface area contributed by atoms with Gasteiger partial charge in [-0.25, -0.2) is 14.8 Å². The number of piperidine rings is 1. The van der Waals surface area contributed by atoms with Gasteiger partial charge < -0.3 is 9.80 Å². The van der Waals surface area contributed by atoms with Crippen LogP contribution < -0.4 is 0 Å². The van der Waals surface area contributed by atoms with Gasteiger partial charge in [0.15, 0.2) is 0 Å². The molecule has 1 spiro atoms. The van der Waals surface area contributed by atoms with E-state index in [-0.39, 0.29) is 23.8 Å². The van der Waals surface area contributed by atoms with Gasteiger partial charge in [0.05, 0.1) is 0 Å². The number of likely N-dealkylation sites (N-methyl/N-ethyl adjacent to an activating group) is 1. The molecule has 0 aromatic carbocycles. The molecule has 1 aromatic heterocycles. The van der Waals surface area contributed by atoms with Gasteiger partial charge in [0.2, 0.25) is 0 Å². The van der Waals surface area contributed by atoms with Crippen LogP contribution in [-0.4, -0.2) is 74.2 Å². The van der Waals surface area contributed by atoms with Crippen LogP contribution in [0.2, 0.25) is 0 Å². The number of urea groups is 1. The molecule has 0 radical (unpaired) electrons. The Balaban J connectivity index is 1.81. The van der Waals surface area contributed by atoms with Crippen LogP contribution in [0.3, 0.4) is 0 Å². The summed E-state index contributed by atoms with van der Waals surface area (Å²) in [7, 11) is 0. The molecule has 1 aromatic rings. The van der Waals surface area contributed by atoms with Crippen LogP contribution in [-0.2, 0) is 4.79 Å². The van der Waals surface area contributed by atoms with E-state index >= 15 is 0 Å². The van der Waals surface area contributed by atoms with Crippen molar-refractivity contribution in [2.24, 2.45) is 5.92 Å². The molecule has 4 amide bonds. The van der Waals surface area contributed by atoms with Gasteiger partial charge in [-0.05, 0) is 45.6 Å². The van der Waals surface area contributed by atoms with Crippen LogP contribution >= 0.6 is 0 Å². The fraction of sp³-hybridized carbons (Fsp3) is 0.650. The lowest BCUT2D eigenvalue weighted by Gasteiger charge is -2.42. The number of imide groups is 1. The van der Waals surface area contributed by atoms with Gasteiger partial charge in [-0.3, -0.25) is 14.5 Å². The third-order valence-electron chi connectivity index (χ3n) is 5.55. The monoisotopic (exact) mass is 387 g/mol. The standard InChI is InChI=1S/C20H29N5O3/c1-6-24-18(27)20(25(19(24)28)12-13(2)3)7-9-23(10-8-20)17(26)16-11-14(4)21-15(5)22-16/h11,13H,6-10,12H2,1-5H3. The van der Waals surface area contributed by atoms with E-state index in [1.165, 1.54) is 4.90 Å². The van der Waals surface area contributed by atoms with Crippen LogP contribution in [0.4, 0.5) is 4.79 Å². The second kappa shape index (κ2) is 7.48. The molecule has 0 bridgehead atoms. The van der Waals surface area contributed by atoms with Crippen LogP contribution in [0.15, 0.2) is 6.07 Å². The first-order valence-electron chi connectivity index (χ1n) is 9.94. The Bertz CT molecular complexity index is 779. The molecular weight excluding hydrogens is 358 g/mol. The number of amides is 4. The van der Waals surface area contributed by atoms with Crippen molar-refractivity contribution >= 4 is 17.8 Å². The van der Waals surface area contributed by atoms with Crippen LogP contribution in [0, 0.1) is 19.8 Å². The minimum atomic E-state index is -0.828. The summed E-state index contributed by atoms with van der Waals surface area (Å²) in [6.07, 6.45) is 0.908. The summed E-state index contributed by atoms with van der Waals surface area (Å²) in [6.45, 7) is 11.3. The maximum Gasteiger partial charge on any atom is 0.327 e. The first kappa shape index (κ1) is 20.2. The Morgan fingerprint density at radius 1 is 1.18 bits per heavy atom. The van der Waals surface area contributed by atoms with Gasteiger partial charge in [-0.1, -0.05) is 13.8 Å². The molecule has 2 saturated heterocycles. The average Bonchev–Trinajstić information content (AvgIpc) is 2.82. The summed E-state index contributed by atoms with van der Waals surface area (Å²) in [5.41, 5.74) is 0.303. The SMILES string of the molecule is CCN1C(=O)N(CC(C)C)C2(CCN(C(=O)c3cc(C)nc(C)n3)CC2)C1=O. The Labute approximate surface area is 165 Å². The fourth-order valence-corrected chi connectivity index (χ4v) is 4.23. The average molecular weight is 387 g/mol. The quantitative estimate of drug-likeness (QED) is 0.738. The zero-order valence-corrected chi connectivity index (χ0v) is 17.4. The van der Waals surface area contributed by atoms with E-state index in [1.807, 2.05) is 27.7 Å². The van der Waals surface area contributed by atoms with E-state index in [1.54, 1.807) is 22.8 Å². The van der Waals surface area contributed by atoms with Crippen molar-refractivity contribution < 1.29 is 14.4 Å². The molecular formula is C20H29N5O3. The highest BCUT2D eigenvalue weighted by atomic mass is 16.2. The highest BCUT2D eigenvalue weighted by Crippen LogP contribution is 2.38. The highest BCUT2D eigenvalue weighted by molar-refractivity contribution is 6.07. The lowest BCUT2D eigenvalue weighted by molar-refractivity contribution is -0.135. The van der Waals surface area contributed by atoms with Crippen LogP contribution in [0.25, 0.3) is 0 Å². The number of nitrogens with zero attached hydrogens (tertiary/aromatic N) is 5. The fourth-order valence-electron chi connectivity index (χ4n) is 4.23. The van der Waals surface area contributed by atoms with E-state index in [9.17, 15) is 14.4 Å². The minimum absolute atomic E-state index is 0.124. The Kier molecular flexibility index (Phi) is 5.41. The molecule has 152 valence electrons. The maximum atomic E-state index is 13.1. The molecule has 2 aliphatic rings. The molecule has 3 rings (SSSR count). The summed E-state index contributed by atoms with van der Waals surface area (Å²) in [4.78, 5) is 52.1. The smallest absolute Gasteiger partial charge is 0.327 e. The lowest BCUT2D eigenvalue weighted by Crippen LogP contribution is -2.58. The molecule has 8 heteroatoms. The molecule has 0 N–H and O–H groups in total. The lowest BCUT2D eigenvalue weighted by atomic mass is 9.85. The molecule has 0 unspecified atom stereocenters. The van der Waals surface area contributed by atoms with Crippen molar-refractivity contribution in [2.45, 2.75) is 53.0 Å². The summed E-state index contributed by atoms with van der Waals surface area (Å²) in [5.74, 6) is 0.552. The van der Waals surface area contributed by atoms with Crippen LogP contribution in [0.1, 0.15) is 55.6 Å². The van der Waals surface area contributed by atoms with E-state index in [4.69, 9.17) is 0 Å². The van der Waals surface area contributed by atoms with Gasteiger partial charge >= 0.3 is 6.03 Å². The van der Waals surface area contributed by atoms with E-state index in [2.05, 4.69) is 9.97 Å². The van der Waals surface area contributed by atoms with E-state index in [0.717, 1.165) is 5.69 Å². The molecule has 28 heavy (non-hydrogen) atoms. The molecule has 3 heterocycles. The molecule has 0 aliphatic carbocycles. The molecule has 0 saturated carbocycles. The summed E-state index contributed by atoms with van der Waals surface area (Å²) >= 11 is 0. The van der Waals surface area contributed by atoms with Gasteiger partial charge in [0.25, 0.3) is 11.8 Å². The van der Waals surface area contributed by atoms with E-state index in [0.29, 0.717) is 50.5 Å². The van der Waals surface area contributed by atoms with E-state index < -0.39 is 5.54 Å². The van der Waals surface area contributed by atoms with Crippen molar-refractivity contribution in [1.82, 2.24) is 24.7 Å². The number of carbonyl (C=O) groups excluding carboxylic acids is 3. The second-order valence-electron chi connectivity index (χ2n) is 8.10. The number of carbonyl (C=O) groups is 3. The molecule has 0 atom stereocenters. The number of hydrogen-bond donors (Lipinski definition) is 0. The molecule has 2 aliphatic heterocycles. The topological polar surface area (TPSA) is 86.7 Å². The molecule has 2 fully saturated rings. The normalized spacial score (nSPS) is 19.3. The van der Waals surface area contributed by atoms with Crippen molar-refractivity contribution in [2.75, 3.05) is 26.2 Å². The second-order valence-corrected chi connectivity index (χ2v) is 8.10. The number of hydrogen-bond acceptors (Lipinski definition) is 5. The Morgan fingerprint density at radius 3 is 2.36 bits per heavy atom.